The highest BCUT2D eigenvalue weighted by Gasteiger charge is 2.37. The number of hydrogen-bond acceptors (Lipinski definition) is 4. The molecule has 4 nitrogen and oxygen atoms in total. The Kier molecular flexibility index (Phi) is 3.58. The van der Waals surface area contributed by atoms with Gasteiger partial charge in [-0.15, -0.1) is 0 Å². The zero-order valence-electron chi connectivity index (χ0n) is 18.3. The van der Waals surface area contributed by atoms with Crippen molar-refractivity contribution in [3.8, 4) is 45.4 Å². The Bertz CT molecular complexity index is 1600. The van der Waals surface area contributed by atoms with Crippen molar-refractivity contribution >= 4 is 11.0 Å². The second-order valence-corrected chi connectivity index (χ2v) is 9.12. The third-order valence-electron chi connectivity index (χ3n) is 6.78. The van der Waals surface area contributed by atoms with Crippen LogP contribution in [-0.2, 0) is 5.41 Å². The molecule has 2 heterocycles. The van der Waals surface area contributed by atoms with Crippen molar-refractivity contribution in [2.24, 2.45) is 0 Å². The number of fused-ring (bicyclic) bond motifs is 6. The van der Waals surface area contributed by atoms with Crippen LogP contribution < -0.4 is 9.47 Å². The first-order valence-electron chi connectivity index (χ1n) is 11.1. The summed E-state index contributed by atoms with van der Waals surface area (Å²) in [6.45, 7) is 4.52. The maximum absolute atomic E-state index is 6.37. The Hall–Kier alpha value is -4.18. The Morgan fingerprint density at radius 1 is 0.636 bits per heavy atom. The third-order valence-corrected chi connectivity index (χ3v) is 6.78. The average molecular weight is 428 g/mol. The molecule has 0 saturated carbocycles. The molecule has 0 spiro atoms. The molecule has 0 radical (unpaired) electrons. The number of para-hydroxylation sites is 2. The van der Waals surface area contributed by atoms with Crippen LogP contribution in [0.4, 0.5) is 0 Å². The molecule has 0 bridgehead atoms. The van der Waals surface area contributed by atoms with Crippen LogP contribution in [0.25, 0.3) is 33.4 Å². The van der Waals surface area contributed by atoms with Crippen molar-refractivity contribution in [2.75, 3.05) is 0 Å². The van der Waals surface area contributed by atoms with Gasteiger partial charge in [0.1, 0.15) is 0 Å². The van der Waals surface area contributed by atoms with Gasteiger partial charge in [0.05, 0.1) is 22.9 Å². The maximum atomic E-state index is 6.37. The lowest BCUT2D eigenvalue weighted by atomic mass is 9.82. The smallest absolute Gasteiger partial charge is 0.170 e. The Labute approximate surface area is 191 Å². The fourth-order valence-electron chi connectivity index (χ4n) is 5.03. The van der Waals surface area contributed by atoms with Gasteiger partial charge < -0.3 is 9.47 Å². The van der Waals surface area contributed by atoms with Gasteiger partial charge in [0, 0.05) is 11.0 Å². The molecular formula is C29H20N2O2. The van der Waals surface area contributed by atoms with Crippen molar-refractivity contribution < 1.29 is 9.47 Å². The lowest BCUT2D eigenvalue weighted by Crippen LogP contribution is -2.15. The van der Waals surface area contributed by atoms with Crippen LogP contribution in [-0.4, -0.2) is 9.97 Å². The molecule has 2 aliphatic rings. The van der Waals surface area contributed by atoms with E-state index in [1.807, 2.05) is 42.5 Å². The molecule has 0 atom stereocenters. The van der Waals surface area contributed by atoms with Gasteiger partial charge in [0.2, 0.25) is 0 Å². The van der Waals surface area contributed by atoms with Crippen molar-refractivity contribution in [1.29, 1.82) is 0 Å². The average Bonchev–Trinajstić information content (AvgIpc) is 3.07. The molecule has 4 aromatic carbocycles. The zero-order chi connectivity index (χ0) is 22.2. The topological polar surface area (TPSA) is 44.2 Å². The first-order valence-corrected chi connectivity index (χ1v) is 11.1. The number of rotatable bonds is 1. The van der Waals surface area contributed by atoms with E-state index in [1.54, 1.807) is 6.20 Å². The summed E-state index contributed by atoms with van der Waals surface area (Å²) in [7, 11) is 0. The first-order chi connectivity index (χ1) is 16.1. The monoisotopic (exact) mass is 428 g/mol. The summed E-state index contributed by atoms with van der Waals surface area (Å²) < 4.78 is 12.7. The van der Waals surface area contributed by atoms with Gasteiger partial charge in [0.15, 0.2) is 23.0 Å². The van der Waals surface area contributed by atoms with E-state index in [4.69, 9.17) is 14.5 Å². The molecule has 1 aromatic heterocycles. The summed E-state index contributed by atoms with van der Waals surface area (Å²) in [4.78, 5) is 9.32. The summed E-state index contributed by atoms with van der Waals surface area (Å²) in [6.07, 6.45) is 1.80. The maximum Gasteiger partial charge on any atom is 0.170 e. The molecular weight excluding hydrogens is 408 g/mol. The molecule has 5 aromatic rings. The molecule has 4 heteroatoms. The van der Waals surface area contributed by atoms with Crippen molar-refractivity contribution in [2.45, 2.75) is 19.3 Å². The highest BCUT2D eigenvalue weighted by molar-refractivity contribution is 5.83. The summed E-state index contributed by atoms with van der Waals surface area (Å²) >= 11 is 0. The quantitative estimate of drug-likeness (QED) is 0.272. The molecule has 7 rings (SSSR count). The number of ether oxygens (including phenoxy) is 2. The van der Waals surface area contributed by atoms with Crippen LogP contribution in [0.1, 0.15) is 25.0 Å². The lowest BCUT2D eigenvalue weighted by molar-refractivity contribution is 0.359. The van der Waals surface area contributed by atoms with E-state index in [0.717, 1.165) is 33.8 Å². The number of aromatic nitrogens is 2. The van der Waals surface area contributed by atoms with Gasteiger partial charge in [-0.25, -0.2) is 4.98 Å². The second kappa shape index (κ2) is 6.42. The van der Waals surface area contributed by atoms with Gasteiger partial charge in [-0.05, 0) is 64.7 Å². The van der Waals surface area contributed by atoms with E-state index in [1.165, 1.54) is 22.3 Å². The standard InChI is InChI=1S/C29H20N2O2/c1-29(2)20-8-4-3-7-18(20)19-14-27-28(15-21(19)29)33-26-13-17(11-12-25(26)32-27)24-16-30-22-9-5-6-10-23(22)31-24/h3-16H,1-2H3. The SMILES string of the molecule is CC1(C)c2ccccc2-c2cc3c(cc21)Oc1cc(-c2cnc4ccccc4n2)ccc1O3. The number of hydrogen-bond donors (Lipinski definition) is 0. The van der Waals surface area contributed by atoms with Gasteiger partial charge >= 0.3 is 0 Å². The minimum absolute atomic E-state index is 0.0902. The summed E-state index contributed by atoms with van der Waals surface area (Å²) in [6, 6.07) is 26.6. The van der Waals surface area contributed by atoms with Crippen molar-refractivity contribution in [3.63, 3.8) is 0 Å². The molecule has 0 unspecified atom stereocenters. The van der Waals surface area contributed by atoms with E-state index >= 15 is 0 Å². The van der Waals surface area contributed by atoms with E-state index in [-0.39, 0.29) is 5.41 Å². The minimum atomic E-state index is -0.0902. The highest BCUT2D eigenvalue weighted by atomic mass is 16.6. The normalized spacial score (nSPS) is 14.5. The Morgan fingerprint density at radius 3 is 2.27 bits per heavy atom. The van der Waals surface area contributed by atoms with Crippen molar-refractivity contribution in [3.05, 3.63) is 96.2 Å². The number of benzene rings is 4. The van der Waals surface area contributed by atoms with Crippen LogP contribution in [0.2, 0.25) is 0 Å². The van der Waals surface area contributed by atoms with Crippen LogP contribution in [0, 0.1) is 0 Å². The van der Waals surface area contributed by atoms with E-state index in [0.29, 0.717) is 11.5 Å². The van der Waals surface area contributed by atoms with E-state index < -0.39 is 0 Å². The zero-order valence-corrected chi connectivity index (χ0v) is 18.3. The van der Waals surface area contributed by atoms with Crippen LogP contribution in [0.15, 0.2) is 85.1 Å². The fourth-order valence-corrected chi connectivity index (χ4v) is 5.03. The van der Waals surface area contributed by atoms with Gasteiger partial charge in [-0.3, -0.25) is 4.98 Å². The molecule has 0 amide bonds. The molecule has 0 N–H and O–H groups in total. The summed E-state index contributed by atoms with van der Waals surface area (Å²) in [5.74, 6) is 2.87. The summed E-state index contributed by atoms with van der Waals surface area (Å²) in [5.41, 5.74) is 8.46. The van der Waals surface area contributed by atoms with Crippen molar-refractivity contribution in [1.82, 2.24) is 9.97 Å². The molecule has 0 saturated heterocycles. The molecule has 1 aliphatic heterocycles. The Morgan fingerprint density at radius 2 is 1.36 bits per heavy atom. The van der Waals surface area contributed by atoms with Crippen LogP contribution in [0.5, 0.6) is 23.0 Å². The molecule has 1 aliphatic carbocycles. The minimum Gasteiger partial charge on any atom is -0.449 e. The second-order valence-electron chi connectivity index (χ2n) is 9.12. The van der Waals surface area contributed by atoms with Crippen LogP contribution in [0.3, 0.4) is 0 Å². The first kappa shape index (κ1) is 18.4. The Balaban J connectivity index is 1.30. The largest absolute Gasteiger partial charge is 0.449 e. The van der Waals surface area contributed by atoms with E-state index in [9.17, 15) is 0 Å². The lowest BCUT2D eigenvalue weighted by Gasteiger charge is -2.25. The fraction of sp³-hybridized carbons (Fsp3) is 0.103. The number of nitrogens with zero attached hydrogens (tertiary/aromatic N) is 2. The third kappa shape index (κ3) is 2.64. The van der Waals surface area contributed by atoms with Gasteiger partial charge in [-0.2, -0.15) is 0 Å². The molecule has 158 valence electrons. The van der Waals surface area contributed by atoms with Gasteiger partial charge in [-0.1, -0.05) is 50.2 Å². The van der Waals surface area contributed by atoms with E-state index in [2.05, 4.69) is 55.2 Å². The van der Waals surface area contributed by atoms with Gasteiger partial charge in [0.25, 0.3) is 0 Å². The predicted molar refractivity (Wildman–Crippen MR) is 129 cm³/mol. The predicted octanol–water partition coefficient (Wildman–Crippen LogP) is 7.50. The highest BCUT2D eigenvalue weighted by Crippen LogP contribution is 2.55. The van der Waals surface area contributed by atoms with Crippen LogP contribution >= 0.6 is 0 Å². The molecule has 33 heavy (non-hydrogen) atoms. The molecule has 0 fully saturated rings. The summed E-state index contributed by atoms with van der Waals surface area (Å²) in [5, 5.41) is 0.